The van der Waals surface area contributed by atoms with Gasteiger partial charge in [-0.15, -0.1) is 0 Å². The van der Waals surface area contributed by atoms with Crippen LogP contribution in [0, 0.1) is 5.82 Å². The van der Waals surface area contributed by atoms with Gasteiger partial charge in [-0.1, -0.05) is 0 Å². The van der Waals surface area contributed by atoms with Crippen molar-refractivity contribution in [1.82, 2.24) is 9.47 Å². The first-order valence-electron chi connectivity index (χ1n) is 11.1. The van der Waals surface area contributed by atoms with Crippen LogP contribution < -0.4 is 15.1 Å². The third-order valence-corrected chi connectivity index (χ3v) is 6.21. The average Bonchev–Trinajstić information content (AvgIpc) is 2.84. The molecular weight excluding hydrogens is 441 g/mol. The molecule has 178 valence electrons. The molecule has 34 heavy (non-hydrogen) atoms. The number of carbonyl (C=O) groups excluding carboxylic acids is 1. The van der Waals surface area contributed by atoms with Gasteiger partial charge in [-0.25, -0.2) is 9.18 Å². The van der Waals surface area contributed by atoms with E-state index in [1.54, 1.807) is 42.0 Å². The van der Waals surface area contributed by atoms with E-state index in [4.69, 9.17) is 4.74 Å². The molecule has 0 atom stereocenters. The second kappa shape index (κ2) is 9.64. The highest BCUT2D eigenvalue weighted by molar-refractivity contribution is 5.97. The number of Topliss-reactive ketones (excluding diaryl/α,β-unsaturated/α-hetero) is 1. The van der Waals surface area contributed by atoms with E-state index in [0.29, 0.717) is 55.2 Å². The number of carboxylic acid groups (broad SMARTS) is 1. The number of anilines is 1. The maximum Gasteiger partial charge on any atom is 0.341 e. The summed E-state index contributed by atoms with van der Waals surface area (Å²) in [6.07, 6.45) is 1.30. The molecule has 4 rings (SSSR count). The quantitative estimate of drug-likeness (QED) is 0.534. The van der Waals surface area contributed by atoms with Gasteiger partial charge in [0.15, 0.2) is 5.78 Å². The Hall–Kier alpha value is -3.72. The maximum absolute atomic E-state index is 15.0. The molecule has 0 amide bonds. The van der Waals surface area contributed by atoms with Crippen molar-refractivity contribution >= 4 is 28.3 Å². The number of aromatic nitrogens is 1. The Morgan fingerprint density at radius 3 is 2.35 bits per heavy atom. The smallest absolute Gasteiger partial charge is 0.341 e. The largest absolute Gasteiger partial charge is 0.497 e. The van der Waals surface area contributed by atoms with Gasteiger partial charge in [0.1, 0.15) is 17.1 Å². The highest BCUT2D eigenvalue weighted by Crippen LogP contribution is 2.26. The number of halogens is 1. The van der Waals surface area contributed by atoms with E-state index in [9.17, 15) is 19.5 Å². The van der Waals surface area contributed by atoms with Gasteiger partial charge in [-0.2, -0.15) is 0 Å². The van der Waals surface area contributed by atoms with Crippen LogP contribution in [0.4, 0.5) is 10.1 Å². The molecule has 2 aromatic carbocycles. The lowest BCUT2D eigenvalue weighted by Gasteiger charge is -2.36. The number of aryl methyl sites for hydroxylation is 1. The minimum Gasteiger partial charge on any atom is -0.497 e. The van der Waals surface area contributed by atoms with E-state index in [0.717, 1.165) is 6.07 Å². The number of ether oxygens (including phenoxy) is 1. The second-order valence-electron chi connectivity index (χ2n) is 8.20. The molecule has 1 saturated heterocycles. The fourth-order valence-corrected chi connectivity index (χ4v) is 4.27. The van der Waals surface area contributed by atoms with Gasteiger partial charge < -0.3 is 19.3 Å². The van der Waals surface area contributed by atoms with Crippen molar-refractivity contribution in [1.29, 1.82) is 0 Å². The standard InChI is InChI=1S/C25H26FN3O5/c1-3-28-14-19(25(32)33)24(31)18-12-20(26)22(13-21(18)28)29-10-8-27(9-11-29)15-23(30)16-4-6-17(34-2)7-5-16/h4-7,12-14H,3,8-11,15H2,1-2H3,(H,32,33). The summed E-state index contributed by atoms with van der Waals surface area (Å²) >= 11 is 0. The van der Waals surface area contributed by atoms with Crippen molar-refractivity contribution in [2.24, 2.45) is 0 Å². The second-order valence-corrected chi connectivity index (χ2v) is 8.20. The van der Waals surface area contributed by atoms with E-state index in [2.05, 4.69) is 0 Å². The zero-order valence-electron chi connectivity index (χ0n) is 19.1. The number of carbonyl (C=O) groups is 2. The van der Waals surface area contributed by atoms with E-state index in [1.807, 2.05) is 16.7 Å². The third-order valence-electron chi connectivity index (χ3n) is 6.21. The number of rotatable bonds is 7. The minimum absolute atomic E-state index is 0.00851. The molecule has 8 nitrogen and oxygen atoms in total. The Labute approximate surface area is 195 Å². The highest BCUT2D eigenvalue weighted by Gasteiger charge is 2.23. The number of methoxy groups -OCH3 is 1. The third kappa shape index (κ3) is 4.51. The fourth-order valence-electron chi connectivity index (χ4n) is 4.27. The summed E-state index contributed by atoms with van der Waals surface area (Å²) in [6, 6.07) is 9.73. The van der Waals surface area contributed by atoms with Crippen molar-refractivity contribution in [2.45, 2.75) is 13.5 Å². The van der Waals surface area contributed by atoms with Gasteiger partial charge in [-0.05, 0) is 43.3 Å². The first-order valence-corrected chi connectivity index (χ1v) is 11.1. The number of ketones is 1. The van der Waals surface area contributed by atoms with Gasteiger partial charge in [0, 0.05) is 49.9 Å². The van der Waals surface area contributed by atoms with Crippen LogP contribution in [0.1, 0.15) is 27.6 Å². The number of fused-ring (bicyclic) bond motifs is 1. The van der Waals surface area contributed by atoms with Gasteiger partial charge in [0.2, 0.25) is 5.43 Å². The summed E-state index contributed by atoms with van der Waals surface area (Å²) in [5.41, 5.74) is 0.391. The average molecular weight is 467 g/mol. The van der Waals surface area contributed by atoms with Crippen LogP contribution in [-0.2, 0) is 6.54 Å². The van der Waals surface area contributed by atoms with E-state index >= 15 is 4.39 Å². The minimum atomic E-state index is -1.33. The summed E-state index contributed by atoms with van der Waals surface area (Å²) < 4.78 is 21.8. The molecular formula is C25H26FN3O5. The van der Waals surface area contributed by atoms with Crippen LogP contribution in [0.5, 0.6) is 5.75 Å². The molecule has 9 heteroatoms. The van der Waals surface area contributed by atoms with E-state index < -0.39 is 17.2 Å². The molecule has 0 saturated carbocycles. The number of piperazine rings is 1. The monoisotopic (exact) mass is 467 g/mol. The summed E-state index contributed by atoms with van der Waals surface area (Å²) in [7, 11) is 1.57. The predicted molar refractivity (Wildman–Crippen MR) is 127 cm³/mol. The number of benzene rings is 2. The molecule has 1 N–H and O–H groups in total. The predicted octanol–water partition coefficient (Wildman–Crippen LogP) is 2.87. The number of hydrogen-bond donors (Lipinski definition) is 1. The van der Waals surface area contributed by atoms with Crippen molar-refractivity contribution < 1.29 is 23.8 Å². The number of hydrogen-bond acceptors (Lipinski definition) is 6. The fraction of sp³-hybridized carbons (Fsp3) is 0.320. The van der Waals surface area contributed by atoms with Crippen LogP contribution in [0.15, 0.2) is 47.4 Å². The topological polar surface area (TPSA) is 92.1 Å². The molecule has 0 unspecified atom stereocenters. The molecule has 0 radical (unpaired) electrons. The van der Waals surface area contributed by atoms with Gasteiger partial charge in [0.25, 0.3) is 0 Å². The molecule has 0 bridgehead atoms. The van der Waals surface area contributed by atoms with E-state index in [-0.39, 0.29) is 23.3 Å². The lowest BCUT2D eigenvalue weighted by Crippen LogP contribution is -2.48. The van der Waals surface area contributed by atoms with Crippen LogP contribution in [0.2, 0.25) is 0 Å². The Balaban J connectivity index is 1.51. The van der Waals surface area contributed by atoms with Crippen molar-refractivity contribution in [3.8, 4) is 5.75 Å². The number of carboxylic acids is 1. The molecule has 1 fully saturated rings. The summed E-state index contributed by atoms with van der Waals surface area (Å²) in [5, 5.41) is 9.35. The van der Waals surface area contributed by atoms with Crippen LogP contribution >= 0.6 is 0 Å². The summed E-state index contributed by atoms with van der Waals surface area (Å²) in [4.78, 5) is 40.5. The highest BCUT2D eigenvalue weighted by atomic mass is 19.1. The van der Waals surface area contributed by atoms with Crippen LogP contribution in [-0.4, -0.2) is 66.2 Å². The van der Waals surface area contributed by atoms with Gasteiger partial charge in [0.05, 0.1) is 24.9 Å². The Morgan fingerprint density at radius 2 is 1.76 bits per heavy atom. The number of nitrogens with zero attached hydrogens (tertiary/aromatic N) is 3. The first kappa shape index (κ1) is 23.4. The van der Waals surface area contributed by atoms with Crippen molar-refractivity contribution in [2.75, 3.05) is 44.7 Å². The Morgan fingerprint density at radius 1 is 1.09 bits per heavy atom. The van der Waals surface area contributed by atoms with Crippen molar-refractivity contribution in [3.05, 3.63) is 69.8 Å². The Kier molecular flexibility index (Phi) is 6.65. The summed E-state index contributed by atoms with van der Waals surface area (Å²) in [5.74, 6) is -1.21. The zero-order chi connectivity index (χ0) is 24.4. The molecule has 3 aromatic rings. The molecule has 1 aliphatic rings. The Bertz CT molecular complexity index is 1290. The van der Waals surface area contributed by atoms with Crippen molar-refractivity contribution in [3.63, 3.8) is 0 Å². The lowest BCUT2D eigenvalue weighted by atomic mass is 10.1. The number of pyridine rings is 1. The molecule has 1 aromatic heterocycles. The summed E-state index contributed by atoms with van der Waals surface area (Å²) in [6.45, 7) is 4.73. The van der Waals surface area contributed by atoms with Gasteiger partial charge in [-0.3, -0.25) is 14.5 Å². The number of aromatic carboxylic acids is 1. The molecule has 0 aliphatic carbocycles. The normalized spacial score (nSPS) is 14.4. The zero-order valence-corrected chi connectivity index (χ0v) is 19.1. The molecule has 1 aliphatic heterocycles. The van der Waals surface area contributed by atoms with Crippen LogP contribution in [0.3, 0.4) is 0 Å². The SMILES string of the molecule is CCn1cc(C(=O)O)c(=O)c2cc(F)c(N3CCN(CC(=O)c4ccc(OC)cc4)CC3)cc21. The molecule has 0 spiro atoms. The van der Waals surface area contributed by atoms with Gasteiger partial charge >= 0.3 is 5.97 Å². The lowest BCUT2D eigenvalue weighted by molar-refractivity contribution is 0.0694. The van der Waals surface area contributed by atoms with Crippen LogP contribution in [0.25, 0.3) is 10.9 Å². The first-order chi connectivity index (χ1) is 16.3. The van der Waals surface area contributed by atoms with E-state index in [1.165, 1.54) is 6.20 Å². The maximum atomic E-state index is 15.0. The molecule has 2 heterocycles.